The van der Waals surface area contributed by atoms with Gasteiger partial charge in [0.25, 0.3) is 0 Å². The Morgan fingerprint density at radius 3 is 2.53 bits per heavy atom. The van der Waals surface area contributed by atoms with E-state index in [0.29, 0.717) is 5.92 Å². The van der Waals surface area contributed by atoms with Gasteiger partial charge in [-0.2, -0.15) is 11.3 Å². The van der Waals surface area contributed by atoms with Crippen LogP contribution in [0.5, 0.6) is 0 Å². The Morgan fingerprint density at radius 2 is 1.93 bits per heavy atom. The van der Waals surface area contributed by atoms with Gasteiger partial charge in [0, 0.05) is 18.3 Å². The molecule has 2 atom stereocenters. The van der Waals surface area contributed by atoms with Gasteiger partial charge in [-0.25, -0.2) is 0 Å². The molecule has 2 aromatic heterocycles. The summed E-state index contributed by atoms with van der Waals surface area (Å²) in [4.78, 5) is 4.01. The summed E-state index contributed by atoms with van der Waals surface area (Å²) in [6.07, 6.45) is 3.62. The first-order valence-corrected chi connectivity index (χ1v) is 6.23. The Labute approximate surface area is 98.7 Å². The number of hydrogen-bond acceptors (Lipinski definition) is 2. The van der Waals surface area contributed by atoms with Crippen molar-refractivity contribution in [2.24, 2.45) is 0 Å². The summed E-state index contributed by atoms with van der Waals surface area (Å²) in [6, 6.07) is 6.12. The zero-order valence-electron chi connectivity index (χ0n) is 8.43. The van der Waals surface area contributed by atoms with Crippen LogP contribution < -0.4 is 0 Å². The number of aromatic nitrogens is 1. The van der Waals surface area contributed by atoms with Crippen molar-refractivity contribution >= 4 is 22.9 Å². The number of pyridine rings is 1. The Morgan fingerprint density at radius 1 is 1.20 bits per heavy atom. The molecule has 0 aliphatic rings. The summed E-state index contributed by atoms with van der Waals surface area (Å²) < 4.78 is 0. The summed E-state index contributed by atoms with van der Waals surface area (Å²) in [6.45, 7) is 2.14. The first kappa shape index (κ1) is 10.7. The molecular formula is C12H12ClNS. The SMILES string of the molecule is CC(c1ccncc1)C(Cl)c1ccsc1. The first-order valence-electron chi connectivity index (χ1n) is 4.85. The van der Waals surface area contributed by atoms with Gasteiger partial charge in [-0.15, -0.1) is 11.6 Å². The number of hydrogen-bond donors (Lipinski definition) is 0. The van der Waals surface area contributed by atoms with Gasteiger partial charge in [0.1, 0.15) is 0 Å². The van der Waals surface area contributed by atoms with E-state index < -0.39 is 0 Å². The summed E-state index contributed by atoms with van der Waals surface area (Å²) in [5, 5.41) is 4.21. The van der Waals surface area contributed by atoms with Crippen molar-refractivity contribution in [2.75, 3.05) is 0 Å². The number of alkyl halides is 1. The van der Waals surface area contributed by atoms with Crippen molar-refractivity contribution in [1.82, 2.24) is 4.98 Å². The second-order valence-electron chi connectivity index (χ2n) is 3.53. The molecule has 15 heavy (non-hydrogen) atoms. The molecule has 0 aliphatic carbocycles. The maximum absolute atomic E-state index is 6.42. The van der Waals surface area contributed by atoms with Gasteiger partial charge in [0.2, 0.25) is 0 Å². The van der Waals surface area contributed by atoms with Crippen LogP contribution in [0.4, 0.5) is 0 Å². The van der Waals surface area contributed by atoms with Crippen LogP contribution in [0.3, 0.4) is 0 Å². The fourth-order valence-electron chi connectivity index (χ4n) is 1.56. The Hall–Kier alpha value is -0.860. The maximum Gasteiger partial charge on any atom is 0.0659 e. The first-order chi connectivity index (χ1) is 7.29. The van der Waals surface area contributed by atoms with E-state index in [1.54, 1.807) is 11.3 Å². The highest BCUT2D eigenvalue weighted by Gasteiger charge is 2.18. The van der Waals surface area contributed by atoms with E-state index in [1.165, 1.54) is 11.1 Å². The quantitative estimate of drug-likeness (QED) is 0.729. The highest BCUT2D eigenvalue weighted by molar-refractivity contribution is 7.08. The van der Waals surface area contributed by atoms with Gasteiger partial charge < -0.3 is 0 Å². The van der Waals surface area contributed by atoms with Crippen LogP contribution in [0.15, 0.2) is 41.4 Å². The van der Waals surface area contributed by atoms with Crippen molar-refractivity contribution in [2.45, 2.75) is 18.2 Å². The van der Waals surface area contributed by atoms with Gasteiger partial charge in [-0.3, -0.25) is 4.98 Å². The molecule has 0 bridgehead atoms. The van der Waals surface area contributed by atoms with Crippen LogP contribution in [-0.2, 0) is 0 Å². The fourth-order valence-corrected chi connectivity index (χ4v) is 2.61. The molecule has 0 aliphatic heterocycles. The molecular weight excluding hydrogens is 226 g/mol. The van der Waals surface area contributed by atoms with E-state index in [0.717, 1.165) is 0 Å². The zero-order valence-corrected chi connectivity index (χ0v) is 10.0. The average Bonchev–Trinajstić information content (AvgIpc) is 2.82. The van der Waals surface area contributed by atoms with Gasteiger partial charge >= 0.3 is 0 Å². The normalized spacial score (nSPS) is 14.8. The number of rotatable bonds is 3. The Balaban J connectivity index is 2.18. The maximum atomic E-state index is 6.42. The zero-order chi connectivity index (χ0) is 10.7. The lowest BCUT2D eigenvalue weighted by atomic mass is 9.95. The molecule has 2 rings (SSSR count). The molecule has 2 unspecified atom stereocenters. The lowest BCUT2D eigenvalue weighted by molar-refractivity contribution is 0.732. The minimum absolute atomic E-state index is 0.0404. The van der Waals surface area contributed by atoms with Gasteiger partial charge in [-0.05, 0) is 40.1 Å². The van der Waals surface area contributed by atoms with E-state index in [-0.39, 0.29) is 5.38 Å². The highest BCUT2D eigenvalue weighted by Crippen LogP contribution is 2.36. The van der Waals surface area contributed by atoms with Crippen LogP contribution in [0.25, 0.3) is 0 Å². The monoisotopic (exact) mass is 237 g/mol. The Kier molecular flexibility index (Phi) is 3.39. The molecule has 0 amide bonds. The molecule has 0 radical (unpaired) electrons. The molecule has 78 valence electrons. The smallest absolute Gasteiger partial charge is 0.0659 e. The third-order valence-corrected chi connectivity index (χ3v) is 3.86. The molecule has 0 aromatic carbocycles. The van der Waals surface area contributed by atoms with Crippen molar-refractivity contribution < 1.29 is 0 Å². The third kappa shape index (κ3) is 2.39. The summed E-state index contributed by atoms with van der Waals surface area (Å²) >= 11 is 8.10. The van der Waals surface area contributed by atoms with Crippen LogP contribution in [0.1, 0.15) is 29.3 Å². The molecule has 0 saturated heterocycles. The predicted octanol–water partition coefficient (Wildman–Crippen LogP) is 4.23. The molecule has 0 saturated carbocycles. The number of nitrogens with zero attached hydrogens (tertiary/aromatic N) is 1. The lowest BCUT2D eigenvalue weighted by Gasteiger charge is -2.17. The molecule has 2 aromatic rings. The van der Waals surface area contributed by atoms with E-state index in [2.05, 4.69) is 28.7 Å². The second-order valence-corrected chi connectivity index (χ2v) is 4.78. The predicted molar refractivity (Wildman–Crippen MR) is 65.6 cm³/mol. The van der Waals surface area contributed by atoms with E-state index in [4.69, 9.17) is 11.6 Å². The third-order valence-electron chi connectivity index (χ3n) is 2.53. The average molecular weight is 238 g/mol. The second kappa shape index (κ2) is 4.77. The molecule has 0 fully saturated rings. The van der Waals surface area contributed by atoms with Crippen molar-refractivity contribution in [3.05, 3.63) is 52.5 Å². The van der Waals surface area contributed by atoms with E-state index in [1.807, 2.05) is 24.5 Å². The molecule has 1 nitrogen and oxygen atoms in total. The van der Waals surface area contributed by atoms with Crippen LogP contribution in [0, 0.1) is 0 Å². The summed E-state index contributed by atoms with van der Waals surface area (Å²) in [7, 11) is 0. The van der Waals surface area contributed by atoms with Gasteiger partial charge in [-0.1, -0.05) is 6.92 Å². The van der Waals surface area contributed by atoms with Crippen LogP contribution in [0.2, 0.25) is 0 Å². The largest absolute Gasteiger partial charge is 0.265 e. The van der Waals surface area contributed by atoms with Crippen molar-refractivity contribution in [1.29, 1.82) is 0 Å². The van der Waals surface area contributed by atoms with Gasteiger partial charge in [0.05, 0.1) is 5.38 Å². The fraction of sp³-hybridized carbons (Fsp3) is 0.250. The van der Waals surface area contributed by atoms with Gasteiger partial charge in [0.15, 0.2) is 0 Å². The van der Waals surface area contributed by atoms with E-state index in [9.17, 15) is 0 Å². The topological polar surface area (TPSA) is 12.9 Å². The molecule has 2 heterocycles. The van der Waals surface area contributed by atoms with Crippen LogP contribution >= 0.6 is 22.9 Å². The van der Waals surface area contributed by atoms with Crippen LogP contribution in [-0.4, -0.2) is 4.98 Å². The minimum atomic E-state index is 0.0404. The summed E-state index contributed by atoms with van der Waals surface area (Å²) in [5.41, 5.74) is 2.43. The standard InChI is InChI=1S/C12H12ClNS/c1-9(10-2-5-14-6-3-10)12(13)11-4-7-15-8-11/h2-9,12H,1H3. The molecule has 0 N–H and O–H groups in total. The van der Waals surface area contributed by atoms with Crippen molar-refractivity contribution in [3.63, 3.8) is 0 Å². The minimum Gasteiger partial charge on any atom is -0.265 e. The Bertz CT molecular complexity index is 399. The molecule has 3 heteroatoms. The highest BCUT2D eigenvalue weighted by atomic mass is 35.5. The summed E-state index contributed by atoms with van der Waals surface area (Å²) in [5.74, 6) is 0.310. The van der Waals surface area contributed by atoms with E-state index >= 15 is 0 Å². The number of thiophene rings is 1. The lowest BCUT2D eigenvalue weighted by Crippen LogP contribution is -2.01. The number of halogens is 1. The van der Waals surface area contributed by atoms with Crippen molar-refractivity contribution in [3.8, 4) is 0 Å². The molecule has 0 spiro atoms.